The van der Waals surface area contributed by atoms with E-state index < -0.39 is 0 Å². The Balaban J connectivity index is 2.53. The summed E-state index contributed by atoms with van der Waals surface area (Å²) in [6.45, 7) is 10.9. The van der Waals surface area contributed by atoms with Crippen molar-refractivity contribution < 1.29 is 0 Å². The molecule has 0 spiro atoms. The van der Waals surface area contributed by atoms with E-state index in [-0.39, 0.29) is 0 Å². The topological polar surface area (TPSA) is 0 Å². The van der Waals surface area contributed by atoms with Gasteiger partial charge >= 0.3 is 0 Å². The zero-order valence-electron chi connectivity index (χ0n) is 14.8. The number of rotatable bonds is 7. The number of hydrogen-bond acceptors (Lipinski definition) is 0. The minimum Gasteiger partial charge on any atom is -0.0856 e. The zero-order chi connectivity index (χ0) is 16.4. The average Bonchev–Trinajstić information content (AvgIpc) is 2.47. The lowest BCUT2D eigenvalue weighted by Gasteiger charge is -2.02. The van der Waals surface area contributed by atoms with Crippen LogP contribution in [-0.4, -0.2) is 0 Å². The summed E-state index contributed by atoms with van der Waals surface area (Å²) in [5.41, 5.74) is 6.83. The second kappa shape index (κ2) is 10.00. The fourth-order valence-electron chi connectivity index (χ4n) is 2.32. The lowest BCUT2D eigenvalue weighted by Crippen LogP contribution is -1.80. The van der Waals surface area contributed by atoms with Crippen LogP contribution < -0.4 is 0 Å². The maximum Gasteiger partial charge on any atom is -0.0161 e. The van der Waals surface area contributed by atoms with Crippen molar-refractivity contribution in [1.82, 2.24) is 0 Å². The van der Waals surface area contributed by atoms with Crippen molar-refractivity contribution >= 4 is 5.57 Å². The van der Waals surface area contributed by atoms with E-state index in [9.17, 15) is 0 Å². The summed E-state index contributed by atoms with van der Waals surface area (Å²) < 4.78 is 0. The molecule has 1 rings (SSSR count). The van der Waals surface area contributed by atoms with Gasteiger partial charge in [0.25, 0.3) is 0 Å². The van der Waals surface area contributed by atoms with Crippen molar-refractivity contribution in [2.45, 2.75) is 53.9 Å². The molecule has 0 aliphatic heterocycles. The van der Waals surface area contributed by atoms with Gasteiger partial charge in [0, 0.05) is 0 Å². The predicted molar refractivity (Wildman–Crippen MR) is 101 cm³/mol. The number of hydrogen-bond donors (Lipinski definition) is 0. The second-order valence-corrected chi connectivity index (χ2v) is 6.25. The highest BCUT2D eigenvalue weighted by atomic mass is 14.0. The molecule has 0 aliphatic carbocycles. The first kappa shape index (κ1) is 18.2. The third kappa shape index (κ3) is 7.83. The smallest absolute Gasteiger partial charge is 0.0161 e. The molecule has 0 aromatic heterocycles. The van der Waals surface area contributed by atoms with Crippen LogP contribution in [0.1, 0.15) is 59.4 Å². The summed E-state index contributed by atoms with van der Waals surface area (Å²) in [6.07, 6.45) is 12.6. The monoisotopic (exact) mass is 294 g/mol. The van der Waals surface area contributed by atoms with Crippen LogP contribution in [0.5, 0.6) is 0 Å². The van der Waals surface area contributed by atoms with Crippen molar-refractivity contribution in [3.05, 3.63) is 76.9 Å². The van der Waals surface area contributed by atoms with Crippen LogP contribution in [-0.2, 0) is 0 Å². The Kier molecular flexibility index (Phi) is 8.28. The molecule has 1 aromatic rings. The molecule has 0 heteroatoms. The van der Waals surface area contributed by atoms with Crippen LogP contribution in [0.2, 0.25) is 0 Å². The molecule has 0 N–H and O–H groups in total. The Morgan fingerprint density at radius 1 is 0.864 bits per heavy atom. The van der Waals surface area contributed by atoms with E-state index in [2.05, 4.69) is 89.3 Å². The van der Waals surface area contributed by atoms with Gasteiger partial charge in [0.2, 0.25) is 0 Å². The molecule has 0 unspecified atom stereocenters. The molecule has 0 radical (unpaired) electrons. The van der Waals surface area contributed by atoms with Gasteiger partial charge < -0.3 is 0 Å². The molecule has 118 valence electrons. The van der Waals surface area contributed by atoms with E-state index in [4.69, 9.17) is 0 Å². The minimum absolute atomic E-state index is 1.02. The molecular formula is C22H30. The zero-order valence-corrected chi connectivity index (χ0v) is 14.8. The summed E-state index contributed by atoms with van der Waals surface area (Å²) in [4.78, 5) is 0. The normalized spacial score (nSPS) is 13.2. The van der Waals surface area contributed by atoms with Gasteiger partial charge in [-0.25, -0.2) is 0 Å². The van der Waals surface area contributed by atoms with E-state index in [1.807, 2.05) is 0 Å². The molecule has 0 saturated heterocycles. The summed E-state index contributed by atoms with van der Waals surface area (Å²) >= 11 is 0. The van der Waals surface area contributed by atoms with Gasteiger partial charge in [-0.1, -0.05) is 71.4 Å². The van der Waals surface area contributed by atoms with E-state index >= 15 is 0 Å². The predicted octanol–water partition coefficient (Wildman–Crippen LogP) is 7.12. The van der Waals surface area contributed by atoms with Gasteiger partial charge in [-0.15, -0.1) is 0 Å². The van der Waals surface area contributed by atoms with E-state index in [0.29, 0.717) is 0 Å². The van der Waals surface area contributed by atoms with Gasteiger partial charge in [0.05, 0.1) is 0 Å². The van der Waals surface area contributed by atoms with E-state index in [0.717, 1.165) is 19.3 Å². The van der Waals surface area contributed by atoms with Crippen molar-refractivity contribution in [2.75, 3.05) is 0 Å². The van der Waals surface area contributed by atoms with Crippen LogP contribution in [0, 0.1) is 0 Å². The van der Waals surface area contributed by atoms with Gasteiger partial charge in [-0.2, -0.15) is 0 Å². The third-order valence-corrected chi connectivity index (χ3v) is 3.67. The van der Waals surface area contributed by atoms with Gasteiger partial charge in [0.15, 0.2) is 0 Å². The van der Waals surface area contributed by atoms with Crippen molar-refractivity contribution in [2.24, 2.45) is 0 Å². The SMILES string of the molecule is CC(C)=CCCC(C)=CCC=C(C)C=C(C)c1ccccc1. The second-order valence-electron chi connectivity index (χ2n) is 6.25. The summed E-state index contributed by atoms with van der Waals surface area (Å²) in [7, 11) is 0. The Hall–Kier alpha value is -1.82. The number of benzene rings is 1. The molecule has 0 nitrogen and oxygen atoms in total. The van der Waals surface area contributed by atoms with E-state index in [1.54, 1.807) is 0 Å². The fourth-order valence-corrected chi connectivity index (χ4v) is 2.32. The van der Waals surface area contributed by atoms with Crippen LogP contribution in [0.15, 0.2) is 71.4 Å². The maximum absolute atomic E-state index is 2.34. The first-order chi connectivity index (χ1) is 10.5. The summed E-state index contributed by atoms with van der Waals surface area (Å²) in [5.74, 6) is 0. The van der Waals surface area contributed by atoms with Crippen LogP contribution >= 0.6 is 0 Å². The Bertz CT molecular complexity index is 561. The average molecular weight is 294 g/mol. The van der Waals surface area contributed by atoms with Gasteiger partial charge in [0.1, 0.15) is 0 Å². The molecule has 1 aromatic carbocycles. The third-order valence-electron chi connectivity index (χ3n) is 3.67. The Labute approximate surface area is 137 Å². The largest absolute Gasteiger partial charge is 0.0856 e. The lowest BCUT2D eigenvalue weighted by atomic mass is 10.0. The molecule has 0 atom stereocenters. The molecule has 0 saturated carbocycles. The highest BCUT2D eigenvalue weighted by Gasteiger charge is 1.94. The standard InChI is InChI=1S/C22H30/c1-18(2)11-9-12-19(3)13-10-14-20(4)17-21(5)22-15-7-6-8-16-22/h6-8,11,13-17H,9-10,12H2,1-5H3. The molecular weight excluding hydrogens is 264 g/mol. The summed E-state index contributed by atoms with van der Waals surface area (Å²) in [6, 6.07) is 10.6. The molecule has 22 heavy (non-hydrogen) atoms. The Morgan fingerprint density at radius 2 is 1.55 bits per heavy atom. The Morgan fingerprint density at radius 3 is 2.18 bits per heavy atom. The maximum atomic E-state index is 2.34. The highest BCUT2D eigenvalue weighted by Crippen LogP contribution is 2.16. The minimum atomic E-state index is 1.02. The van der Waals surface area contributed by atoms with Crippen LogP contribution in [0.4, 0.5) is 0 Å². The molecule has 0 bridgehead atoms. The molecule has 0 fully saturated rings. The highest BCUT2D eigenvalue weighted by molar-refractivity contribution is 5.66. The molecule has 0 aliphatic rings. The van der Waals surface area contributed by atoms with Crippen molar-refractivity contribution in [3.8, 4) is 0 Å². The molecule has 0 amide bonds. The van der Waals surface area contributed by atoms with E-state index in [1.165, 1.54) is 27.9 Å². The quantitative estimate of drug-likeness (QED) is 0.371. The molecule has 0 heterocycles. The lowest BCUT2D eigenvalue weighted by molar-refractivity contribution is 0.958. The van der Waals surface area contributed by atoms with Crippen LogP contribution in [0.25, 0.3) is 5.57 Å². The van der Waals surface area contributed by atoms with Crippen molar-refractivity contribution in [1.29, 1.82) is 0 Å². The summed E-state index contributed by atoms with van der Waals surface area (Å²) in [5, 5.41) is 0. The van der Waals surface area contributed by atoms with Gasteiger partial charge in [-0.05, 0) is 65.0 Å². The first-order valence-electron chi connectivity index (χ1n) is 8.18. The van der Waals surface area contributed by atoms with Crippen LogP contribution in [0.3, 0.4) is 0 Å². The van der Waals surface area contributed by atoms with Gasteiger partial charge in [-0.3, -0.25) is 0 Å². The number of allylic oxidation sites excluding steroid dienone is 8. The van der Waals surface area contributed by atoms with Crippen molar-refractivity contribution in [3.63, 3.8) is 0 Å². The first-order valence-corrected chi connectivity index (χ1v) is 8.18. The fraction of sp³-hybridized carbons (Fsp3) is 0.364.